The third kappa shape index (κ3) is 1.91. The minimum atomic E-state index is 0.493. The van der Waals surface area contributed by atoms with Crippen molar-refractivity contribution in [3.63, 3.8) is 0 Å². The van der Waals surface area contributed by atoms with Crippen LogP contribution in [0.1, 0.15) is 35.7 Å². The molecule has 0 bridgehead atoms. The Labute approximate surface area is 107 Å². The maximum absolute atomic E-state index is 5.64. The Morgan fingerprint density at radius 2 is 2.17 bits per heavy atom. The van der Waals surface area contributed by atoms with Gasteiger partial charge in [-0.15, -0.1) is 0 Å². The van der Waals surface area contributed by atoms with Crippen molar-refractivity contribution < 1.29 is 4.74 Å². The number of fused-ring (bicyclic) bond motifs is 1. The number of hydrogen-bond acceptors (Lipinski definition) is 3. The summed E-state index contributed by atoms with van der Waals surface area (Å²) in [5.41, 5.74) is 10.5. The number of hydrogen-bond donors (Lipinski definition) is 1. The standard InChI is InChI=1S/C14H19N3O/c1-10-14(11-2-4-18-5-3-11)7-13-6-12(8-15)16-9-17(10)13/h6-7,9,11H,2-5,8,15H2,1H3. The van der Waals surface area contributed by atoms with Gasteiger partial charge in [-0.1, -0.05) is 0 Å². The lowest BCUT2D eigenvalue weighted by atomic mass is 9.92. The Morgan fingerprint density at radius 3 is 2.89 bits per heavy atom. The van der Waals surface area contributed by atoms with Crippen LogP contribution in [0.15, 0.2) is 18.5 Å². The summed E-state index contributed by atoms with van der Waals surface area (Å²) in [6, 6.07) is 4.36. The van der Waals surface area contributed by atoms with Gasteiger partial charge in [0.15, 0.2) is 0 Å². The minimum absolute atomic E-state index is 0.493. The molecule has 4 nitrogen and oxygen atoms in total. The maximum Gasteiger partial charge on any atom is 0.0996 e. The molecule has 96 valence electrons. The molecule has 2 aromatic rings. The fraction of sp³-hybridized carbons (Fsp3) is 0.500. The van der Waals surface area contributed by atoms with Crippen molar-refractivity contribution in [3.05, 3.63) is 35.4 Å². The van der Waals surface area contributed by atoms with Gasteiger partial charge in [-0.2, -0.15) is 0 Å². The van der Waals surface area contributed by atoms with E-state index in [0.29, 0.717) is 12.5 Å². The summed E-state index contributed by atoms with van der Waals surface area (Å²) in [6.07, 6.45) is 4.12. The second-order valence-electron chi connectivity index (χ2n) is 4.95. The average molecular weight is 245 g/mol. The Bertz CT molecular complexity index is 555. The molecule has 0 aliphatic carbocycles. The van der Waals surface area contributed by atoms with E-state index in [0.717, 1.165) is 31.7 Å². The molecule has 0 atom stereocenters. The molecule has 0 aromatic carbocycles. The first-order chi connectivity index (χ1) is 8.79. The quantitative estimate of drug-likeness (QED) is 0.880. The van der Waals surface area contributed by atoms with E-state index in [1.165, 1.54) is 16.8 Å². The zero-order chi connectivity index (χ0) is 12.5. The first-order valence-corrected chi connectivity index (χ1v) is 6.54. The van der Waals surface area contributed by atoms with Gasteiger partial charge in [-0.3, -0.25) is 0 Å². The van der Waals surface area contributed by atoms with Crippen LogP contribution in [0.25, 0.3) is 5.52 Å². The van der Waals surface area contributed by atoms with E-state index in [2.05, 4.69) is 28.4 Å². The lowest BCUT2D eigenvalue weighted by Gasteiger charge is -2.22. The second kappa shape index (κ2) is 4.71. The predicted octanol–water partition coefficient (Wildman–Crippen LogP) is 2.00. The van der Waals surface area contributed by atoms with Crippen LogP contribution < -0.4 is 5.73 Å². The van der Waals surface area contributed by atoms with Gasteiger partial charge in [-0.05, 0) is 43.4 Å². The molecule has 0 spiro atoms. The van der Waals surface area contributed by atoms with Crippen molar-refractivity contribution in [2.75, 3.05) is 13.2 Å². The van der Waals surface area contributed by atoms with Crippen LogP contribution in [0.2, 0.25) is 0 Å². The predicted molar refractivity (Wildman–Crippen MR) is 70.6 cm³/mol. The number of nitrogens with two attached hydrogens (primary N) is 1. The highest BCUT2D eigenvalue weighted by molar-refractivity contribution is 5.54. The highest BCUT2D eigenvalue weighted by Crippen LogP contribution is 2.31. The molecule has 2 N–H and O–H groups in total. The highest BCUT2D eigenvalue weighted by Gasteiger charge is 2.20. The molecule has 1 fully saturated rings. The van der Waals surface area contributed by atoms with Gasteiger partial charge in [0.1, 0.15) is 0 Å². The van der Waals surface area contributed by atoms with Crippen LogP contribution in [-0.4, -0.2) is 22.6 Å². The van der Waals surface area contributed by atoms with Crippen molar-refractivity contribution in [3.8, 4) is 0 Å². The lowest BCUT2D eigenvalue weighted by molar-refractivity contribution is 0.0852. The van der Waals surface area contributed by atoms with Crippen molar-refractivity contribution in [2.24, 2.45) is 5.73 Å². The summed E-state index contributed by atoms with van der Waals surface area (Å²) < 4.78 is 7.59. The fourth-order valence-corrected chi connectivity index (χ4v) is 2.80. The molecule has 3 heterocycles. The Balaban J connectivity index is 2.04. The molecule has 2 aromatic heterocycles. The van der Waals surface area contributed by atoms with Crippen LogP contribution in [0.5, 0.6) is 0 Å². The topological polar surface area (TPSA) is 52.5 Å². The molecule has 1 aliphatic rings. The monoisotopic (exact) mass is 245 g/mol. The van der Waals surface area contributed by atoms with E-state index >= 15 is 0 Å². The first-order valence-electron chi connectivity index (χ1n) is 6.54. The number of aromatic nitrogens is 2. The summed E-state index contributed by atoms with van der Waals surface area (Å²) in [5, 5.41) is 0. The van der Waals surface area contributed by atoms with Gasteiger partial charge >= 0.3 is 0 Å². The van der Waals surface area contributed by atoms with Crippen LogP contribution in [0, 0.1) is 6.92 Å². The second-order valence-corrected chi connectivity index (χ2v) is 4.95. The van der Waals surface area contributed by atoms with Gasteiger partial charge in [-0.25, -0.2) is 4.98 Å². The number of aryl methyl sites for hydroxylation is 1. The Morgan fingerprint density at radius 1 is 1.39 bits per heavy atom. The van der Waals surface area contributed by atoms with E-state index in [1.54, 1.807) is 0 Å². The van der Waals surface area contributed by atoms with Crippen LogP contribution in [-0.2, 0) is 11.3 Å². The molecule has 0 amide bonds. The normalized spacial score (nSPS) is 17.4. The van der Waals surface area contributed by atoms with E-state index in [1.807, 2.05) is 6.33 Å². The molecule has 1 aliphatic heterocycles. The van der Waals surface area contributed by atoms with Crippen LogP contribution >= 0.6 is 0 Å². The molecular formula is C14H19N3O. The summed E-state index contributed by atoms with van der Waals surface area (Å²) in [4.78, 5) is 4.36. The third-order valence-corrected chi connectivity index (χ3v) is 3.88. The average Bonchev–Trinajstić information content (AvgIpc) is 2.76. The number of nitrogens with zero attached hydrogens (tertiary/aromatic N) is 2. The summed E-state index contributed by atoms with van der Waals surface area (Å²) in [7, 11) is 0. The van der Waals surface area contributed by atoms with E-state index in [4.69, 9.17) is 10.5 Å². The smallest absolute Gasteiger partial charge is 0.0996 e. The van der Waals surface area contributed by atoms with Crippen LogP contribution in [0.3, 0.4) is 0 Å². The van der Waals surface area contributed by atoms with Crippen LogP contribution in [0.4, 0.5) is 0 Å². The Hall–Kier alpha value is -1.39. The molecule has 0 radical (unpaired) electrons. The van der Waals surface area contributed by atoms with Gasteiger partial charge < -0.3 is 14.9 Å². The molecule has 4 heteroatoms. The van der Waals surface area contributed by atoms with Crippen molar-refractivity contribution >= 4 is 5.52 Å². The van der Waals surface area contributed by atoms with Crippen molar-refractivity contribution in [1.29, 1.82) is 0 Å². The number of rotatable bonds is 2. The van der Waals surface area contributed by atoms with Gasteiger partial charge in [0.05, 0.1) is 12.0 Å². The van der Waals surface area contributed by atoms with E-state index < -0.39 is 0 Å². The fourth-order valence-electron chi connectivity index (χ4n) is 2.80. The Kier molecular flexibility index (Phi) is 3.06. The third-order valence-electron chi connectivity index (χ3n) is 3.88. The highest BCUT2D eigenvalue weighted by atomic mass is 16.5. The van der Waals surface area contributed by atoms with Gasteiger partial charge in [0.2, 0.25) is 0 Å². The summed E-state index contributed by atoms with van der Waals surface area (Å²) in [6.45, 7) is 4.42. The SMILES string of the molecule is Cc1c(C2CCOCC2)cc2cc(CN)ncn12. The number of ether oxygens (including phenoxy) is 1. The maximum atomic E-state index is 5.64. The molecule has 0 saturated carbocycles. The molecule has 3 rings (SSSR count). The van der Waals surface area contributed by atoms with Crippen molar-refractivity contribution in [1.82, 2.24) is 9.38 Å². The summed E-state index contributed by atoms with van der Waals surface area (Å²) >= 11 is 0. The van der Waals surface area contributed by atoms with E-state index in [9.17, 15) is 0 Å². The lowest BCUT2D eigenvalue weighted by Crippen LogP contribution is -2.14. The molecule has 0 unspecified atom stereocenters. The van der Waals surface area contributed by atoms with Gasteiger partial charge in [0.25, 0.3) is 0 Å². The molecule has 18 heavy (non-hydrogen) atoms. The van der Waals surface area contributed by atoms with E-state index in [-0.39, 0.29) is 0 Å². The summed E-state index contributed by atoms with van der Waals surface area (Å²) in [5.74, 6) is 0.625. The van der Waals surface area contributed by atoms with Crippen molar-refractivity contribution in [2.45, 2.75) is 32.2 Å². The molecular weight excluding hydrogens is 226 g/mol. The minimum Gasteiger partial charge on any atom is -0.381 e. The largest absolute Gasteiger partial charge is 0.381 e. The zero-order valence-electron chi connectivity index (χ0n) is 10.7. The zero-order valence-corrected chi connectivity index (χ0v) is 10.7. The first kappa shape index (κ1) is 11.7. The van der Waals surface area contributed by atoms with Gasteiger partial charge in [0, 0.05) is 31.0 Å². The molecule has 1 saturated heterocycles.